The summed E-state index contributed by atoms with van der Waals surface area (Å²) in [7, 11) is 1.80. The van der Waals surface area contributed by atoms with Crippen LogP contribution in [0.4, 0.5) is 0 Å². The van der Waals surface area contributed by atoms with Crippen LogP contribution < -0.4 is 16.0 Å². The molecule has 0 spiro atoms. The van der Waals surface area contributed by atoms with E-state index in [-0.39, 0.29) is 5.91 Å². The summed E-state index contributed by atoms with van der Waals surface area (Å²) in [4.78, 5) is 18.4. The lowest BCUT2D eigenvalue weighted by molar-refractivity contribution is -0.122. The number of fused-ring (bicyclic) bond motifs is 1. The van der Waals surface area contributed by atoms with E-state index >= 15 is 0 Å². The zero-order valence-electron chi connectivity index (χ0n) is 18.1. The van der Waals surface area contributed by atoms with Crippen LogP contribution in [0, 0.1) is 0 Å². The number of hydrogen-bond acceptors (Lipinski definition) is 5. The third-order valence-corrected chi connectivity index (χ3v) is 5.35. The summed E-state index contributed by atoms with van der Waals surface area (Å²) in [5.74, 6) is 1.94. The highest BCUT2D eigenvalue weighted by atomic mass is 16.2. The Morgan fingerprint density at radius 2 is 2.03 bits per heavy atom. The first kappa shape index (κ1) is 22.0. The quantitative estimate of drug-likeness (QED) is 0.319. The molecule has 0 unspecified atom stereocenters. The van der Waals surface area contributed by atoms with Gasteiger partial charge >= 0.3 is 0 Å². The van der Waals surface area contributed by atoms with Gasteiger partial charge in [0.05, 0.1) is 6.54 Å². The molecule has 0 aliphatic carbocycles. The maximum atomic E-state index is 11.9. The highest BCUT2D eigenvalue weighted by molar-refractivity contribution is 5.80. The van der Waals surface area contributed by atoms with E-state index in [4.69, 9.17) is 0 Å². The van der Waals surface area contributed by atoms with Crippen molar-refractivity contribution in [2.45, 2.75) is 45.1 Å². The number of likely N-dealkylation sites (tertiary alicyclic amines) is 1. The molecule has 3 rings (SSSR count). The average molecular weight is 415 g/mol. The lowest BCUT2D eigenvalue weighted by Gasteiger charge is -2.32. The van der Waals surface area contributed by atoms with Gasteiger partial charge in [-0.05, 0) is 37.8 Å². The van der Waals surface area contributed by atoms with Crippen LogP contribution in [-0.4, -0.2) is 77.2 Å². The zero-order valence-corrected chi connectivity index (χ0v) is 18.1. The summed E-state index contributed by atoms with van der Waals surface area (Å²) in [5, 5.41) is 18.3. The largest absolute Gasteiger partial charge is 0.356 e. The molecule has 0 radical (unpaired) electrons. The fraction of sp³-hybridized carbons (Fsp3) is 0.619. The number of amides is 1. The number of aromatic nitrogens is 3. The van der Waals surface area contributed by atoms with Gasteiger partial charge in [-0.2, -0.15) is 0 Å². The van der Waals surface area contributed by atoms with Gasteiger partial charge in [0, 0.05) is 51.9 Å². The molecule has 164 valence electrons. The molecular formula is C21H34N8O. The molecule has 0 aromatic carbocycles. The van der Waals surface area contributed by atoms with E-state index in [1.54, 1.807) is 7.05 Å². The number of nitrogens with zero attached hydrogens (tertiary/aromatic N) is 5. The second-order valence-electron chi connectivity index (χ2n) is 7.69. The molecule has 1 aliphatic rings. The van der Waals surface area contributed by atoms with Gasteiger partial charge in [-0.25, -0.2) is 0 Å². The molecule has 1 saturated heterocycles. The van der Waals surface area contributed by atoms with Crippen molar-refractivity contribution in [2.75, 3.05) is 39.8 Å². The number of carbonyl (C=O) groups is 1. The first-order chi connectivity index (χ1) is 14.7. The minimum Gasteiger partial charge on any atom is -0.356 e. The molecule has 3 N–H and O–H groups in total. The van der Waals surface area contributed by atoms with E-state index in [0.717, 1.165) is 75.7 Å². The second-order valence-corrected chi connectivity index (χ2v) is 7.69. The van der Waals surface area contributed by atoms with Crippen molar-refractivity contribution in [3.63, 3.8) is 0 Å². The lowest BCUT2D eigenvalue weighted by atomic mass is 10.1. The van der Waals surface area contributed by atoms with Gasteiger partial charge in [-0.15, -0.1) is 10.2 Å². The van der Waals surface area contributed by atoms with Crippen molar-refractivity contribution in [1.82, 2.24) is 35.4 Å². The van der Waals surface area contributed by atoms with Crippen molar-refractivity contribution in [3.8, 4) is 0 Å². The van der Waals surface area contributed by atoms with E-state index in [9.17, 15) is 4.79 Å². The Morgan fingerprint density at radius 1 is 1.20 bits per heavy atom. The topological polar surface area (TPSA) is 99.0 Å². The van der Waals surface area contributed by atoms with Gasteiger partial charge < -0.3 is 16.0 Å². The third kappa shape index (κ3) is 6.41. The van der Waals surface area contributed by atoms with Gasteiger partial charge in [0.1, 0.15) is 5.82 Å². The first-order valence-corrected chi connectivity index (χ1v) is 10.9. The van der Waals surface area contributed by atoms with Crippen LogP contribution >= 0.6 is 0 Å². The van der Waals surface area contributed by atoms with E-state index in [2.05, 4.69) is 43.0 Å². The van der Waals surface area contributed by atoms with Crippen molar-refractivity contribution in [3.05, 3.63) is 30.2 Å². The summed E-state index contributed by atoms with van der Waals surface area (Å²) in [6.45, 7) is 5.98. The number of hydrogen-bond donors (Lipinski definition) is 3. The fourth-order valence-corrected chi connectivity index (χ4v) is 3.66. The minimum absolute atomic E-state index is 0.126. The summed E-state index contributed by atoms with van der Waals surface area (Å²) < 4.78 is 2.03. The summed E-state index contributed by atoms with van der Waals surface area (Å²) >= 11 is 0. The molecular weight excluding hydrogens is 380 g/mol. The number of pyridine rings is 1. The summed E-state index contributed by atoms with van der Waals surface area (Å²) in [6.07, 6.45) is 6.79. The van der Waals surface area contributed by atoms with Crippen molar-refractivity contribution < 1.29 is 4.79 Å². The predicted molar refractivity (Wildman–Crippen MR) is 119 cm³/mol. The van der Waals surface area contributed by atoms with Crippen LogP contribution in [0.3, 0.4) is 0 Å². The maximum absolute atomic E-state index is 11.9. The molecule has 9 heteroatoms. The van der Waals surface area contributed by atoms with Crippen LogP contribution in [-0.2, 0) is 11.2 Å². The molecule has 0 atom stereocenters. The van der Waals surface area contributed by atoms with Crippen LogP contribution in [0.2, 0.25) is 0 Å². The molecule has 2 aromatic heterocycles. The molecule has 3 heterocycles. The van der Waals surface area contributed by atoms with Crippen molar-refractivity contribution >= 4 is 17.5 Å². The Balaban J connectivity index is 1.34. The van der Waals surface area contributed by atoms with Crippen molar-refractivity contribution in [2.24, 2.45) is 4.99 Å². The number of carbonyl (C=O) groups excluding carboxylic acids is 1. The molecule has 1 amide bonds. The van der Waals surface area contributed by atoms with Crippen LogP contribution in [0.25, 0.3) is 5.65 Å². The van der Waals surface area contributed by atoms with Gasteiger partial charge in [0.2, 0.25) is 5.91 Å². The number of rotatable bonds is 9. The van der Waals surface area contributed by atoms with Crippen molar-refractivity contribution in [1.29, 1.82) is 0 Å². The zero-order chi connectivity index (χ0) is 21.2. The van der Waals surface area contributed by atoms with Crippen LogP contribution in [0.1, 0.15) is 38.4 Å². The fourth-order valence-electron chi connectivity index (χ4n) is 3.66. The molecule has 30 heavy (non-hydrogen) atoms. The normalized spacial score (nSPS) is 16.0. The van der Waals surface area contributed by atoms with Gasteiger partial charge in [0.15, 0.2) is 11.6 Å². The standard InChI is InChI=1S/C21H34N8O/c1-3-11-23-20(30)16-28-14-9-17(10-15-28)25-21(22-2)24-12-6-8-19-27-26-18-7-4-5-13-29(18)19/h4-5,7,13,17H,3,6,8-12,14-16H2,1-2H3,(H,23,30)(H2,22,24,25). The highest BCUT2D eigenvalue weighted by Gasteiger charge is 2.21. The van der Waals surface area contributed by atoms with E-state index in [1.807, 2.05) is 28.8 Å². The molecule has 0 bridgehead atoms. The first-order valence-electron chi connectivity index (χ1n) is 10.9. The predicted octanol–water partition coefficient (Wildman–Crippen LogP) is 0.818. The molecule has 2 aromatic rings. The Morgan fingerprint density at radius 3 is 2.80 bits per heavy atom. The number of nitrogens with one attached hydrogen (secondary N) is 3. The van der Waals surface area contributed by atoms with Crippen LogP contribution in [0.5, 0.6) is 0 Å². The molecule has 1 fully saturated rings. The monoisotopic (exact) mass is 414 g/mol. The number of piperidine rings is 1. The number of guanidine groups is 1. The highest BCUT2D eigenvalue weighted by Crippen LogP contribution is 2.10. The minimum atomic E-state index is 0.126. The summed E-state index contributed by atoms with van der Waals surface area (Å²) in [6, 6.07) is 6.30. The number of aliphatic imine (C=N–C) groups is 1. The van der Waals surface area contributed by atoms with Gasteiger partial charge in [-0.1, -0.05) is 13.0 Å². The second kappa shape index (κ2) is 11.5. The Bertz CT molecular complexity index is 825. The maximum Gasteiger partial charge on any atom is 0.234 e. The average Bonchev–Trinajstić information content (AvgIpc) is 3.18. The van der Waals surface area contributed by atoms with Gasteiger partial charge in [-0.3, -0.25) is 19.1 Å². The van der Waals surface area contributed by atoms with E-state index < -0.39 is 0 Å². The Labute approximate surface area is 178 Å². The molecule has 1 aliphatic heterocycles. The van der Waals surface area contributed by atoms with E-state index in [0.29, 0.717) is 12.6 Å². The van der Waals surface area contributed by atoms with E-state index in [1.165, 1.54) is 0 Å². The molecule has 0 saturated carbocycles. The Hall–Kier alpha value is -2.68. The third-order valence-electron chi connectivity index (χ3n) is 5.35. The smallest absolute Gasteiger partial charge is 0.234 e. The number of aryl methyl sites for hydroxylation is 1. The Kier molecular flexibility index (Phi) is 8.43. The lowest BCUT2D eigenvalue weighted by Crippen LogP contribution is -2.50. The summed E-state index contributed by atoms with van der Waals surface area (Å²) in [5.41, 5.74) is 0.882. The SMILES string of the molecule is CCCNC(=O)CN1CCC(NC(=NC)NCCCc2nnc3ccccn23)CC1. The van der Waals surface area contributed by atoms with Gasteiger partial charge in [0.25, 0.3) is 0 Å². The van der Waals surface area contributed by atoms with Crippen LogP contribution in [0.15, 0.2) is 29.4 Å². The molecule has 9 nitrogen and oxygen atoms in total.